The Labute approximate surface area is 139 Å². The molecule has 2 heterocycles. The molecule has 2 aromatic carbocycles. The molecule has 0 spiro atoms. The lowest BCUT2D eigenvalue weighted by Crippen LogP contribution is -2.22. The molecule has 4 nitrogen and oxygen atoms in total. The lowest BCUT2D eigenvalue weighted by Gasteiger charge is -2.08. The molecule has 4 rings (SSSR count). The zero-order chi connectivity index (χ0) is 16.4. The minimum Gasteiger partial charge on any atom is -0.268 e. The molecule has 2 aromatic heterocycles. The predicted octanol–water partition coefficient (Wildman–Crippen LogP) is 3.51. The third-order valence-electron chi connectivity index (χ3n) is 3.94. The van der Waals surface area contributed by atoms with Crippen molar-refractivity contribution in [2.24, 2.45) is 0 Å². The smallest absolute Gasteiger partial charge is 0.267 e. The first-order valence-corrected chi connectivity index (χ1v) is 7.77. The van der Waals surface area contributed by atoms with Gasteiger partial charge < -0.3 is 0 Å². The topological polar surface area (TPSA) is 47.8 Å². The first-order chi connectivity index (χ1) is 11.8. The van der Waals surface area contributed by atoms with Crippen LogP contribution in [-0.4, -0.2) is 14.8 Å². The van der Waals surface area contributed by atoms with Crippen LogP contribution in [0.15, 0.2) is 83.8 Å². The summed E-state index contributed by atoms with van der Waals surface area (Å²) < 4.78 is 1.50. The first kappa shape index (κ1) is 14.3. The molecule has 0 radical (unpaired) electrons. The summed E-state index contributed by atoms with van der Waals surface area (Å²) >= 11 is 0. The average molecular weight is 313 g/mol. The van der Waals surface area contributed by atoms with Crippen LogP contribution in [0.25, 0.3) is 22.2 Å². The van der Waals surface area contributed by atoms with Gasteiger partial charge in [0.1, 0.15) is 0 Å². The van der Waals surface area contributed by atoms with E-state index in [1.807, 2.05) is 60.7 Å². The molecule has 0 aliphatic carbocycles. The van der Waals surface area contributed by atoms with Gasteiger partial charge in [-0.05, 0) is 29.8 Å². The lowest BCUT2D eigenvalue weighted by molar-refractivity contribution is 0.643. The third kappa shape index (κ3) is 2.82. The summed E-state index contributed by atoms with van der Waals surface area (Å²) in [5, 5.41) is 5.56. The zero-order valence-electron chi connectivity index (χ0n) is 13.0. The maximum atomic E-state index is 12.2. The van der Waals surface area contributed by atoms with Gasteiger partial charge in [0.05, 0.1) is 17.8 Å². The van der Waals surface area contributed by atoms with E-state index in [0.717, 1.165) is 27.7 Å². The zero-order valence-corrected chi connectivity index (χ0v) is 13.0. The molecule has 0 bridgehead atoms. The van der Waals surface area contributed by atoms with Gasteiger partial charge >= 0.3 is 0 Å². The molecule has 4 heteroatoms. The van der Waals surface area contributed by atoms with Crippen LogP contribution < -0.4 is 5.56 Å². The molecular weight excluding hydrogens is 298 g/mol. The van der Waals surface area contributed by atoms with E-state index in [0.29, 0.717) is 6.54 Å². The van der Waals surface area contributed by atoms with Gasteiger partial charge in [-0.1, -0.05) is 42.5 Å². The number of nitrogens with zero attached hydrogens (tertiary/aromatic N) is 3. The largest absolute Gasteiger partial charge is 0.268 e. The Balaban J connectivity index is 1.71. The van der Waals surface area contributed by atoms with Crippen LogP contribution in [0.5, 0.6) is 0 Å². The molecule has 0 saturated heterocycles. The van der Waals surface area contributed by atoms with Gasteiger partial charge in [0.2, 0.25) is 0 Å². The molecule has 0 unspecified atom stereocenters. The van der Waals surface area contributed by atoms with Gasteiger partial charge in [0, 0.05) is 23.2 Å². The number of hydrogen-bond donors (Lipinski definition) is 0. The summed E-state index contributed by atoms with van der Waals surface area (Å²) in [5.41, 5.74) is 3.64. The predicted molar refractivity (Wildman–Crippen MR) is 94.8 cm³/mol. The highest BCUT2D eigenvalue weighted by Gasteiger charge is 2.05. The second-order valence-electron chi connectivity index (χ2n) is 5.61. The summed E-state index contributed by atoms with van der Waals surface area (Å²) in [6.07, 6.45) is 1.78. The van der Waals surface area contributed by atoms with E-state index >= 15 is 0 Å². The minimum atomic E-state index is -0.110. The van der Waals surface area contributed by atoms with Crippen molar-refractivity contribution in [2.45, 2.75) is 6.54 Å². The Morgan fingerprint density at radius 3 is 2.62 bits per heavy atom. The van der Waals surface area contributed by atoms with E-state index in [1.54, 1.807) is 18.3 Å². The van der Waals surface area contributed by atoms with Gasteiger partial charge in [0.25, 0.3) is 5.56 Å². The number of fused-ring (bicyclic) bond motifs is 1. The molecule has 24 heavy (non-hydrogen) atoms. The van der Waals surface area contributed by atoms with Crippen LogP contribution >= 0.6 is 0 Å². The number of pyridine rings is 1. The van der Waals surface area contributed by atoms with Crippen LogP contribution in [0.2, 0.25) is 0 Å². The SMILES string of the molecule is O=c1ccc(-c2ccccc2)nn1Cc1ccc2ncccc2c1. The molecule has 0 fully saturated rings. The average Bonchev–Trinajstić information content (AvgIpc) is 2.64. The number of hydrogen-bond acceptors (Lipinski definition) is 3. The summed E-state index contributed by atoms with van der Waals surface area (Å²) in [6.45, 7) is 0.435. The highest BCUT2D eigenvalue weighted by molar-refractivity contribution is 5.78. The van der Waals surface area contributed by atoms with Crippen LogP contribution in [0.1, 0.15) is 5.56 Å². The van der Waals surface area contributed by atoms with Gasteiger partial charge in [-0.2, -0.15) is 5.10 Å². The fraction of sp³-hybridized carbons (Fsp3) is 0.0500. The fourth-order valence-electron chi connectivity index (χ4n) is 2.72. The molecule has 0 amide bonds. The van der Waals surface area contributed by atoms with Crippen molar-refractivity contribution in [3.05, 3.63) is 94.9 Å². The monoisotopic (exact) mass is 313 g/mol. The summed E-state index contributed by atoms with van der Waals surface area (Å²) in [5.74, 6) is 0. The number of aromatic nitrogens is 3. The van der Waals surface area contributed by atoms with Crippen molar-refractivity contribution in [3.8, 4) is 11.3 Å². The van der Waals surface area contributed by atoms with Crippen molar-refractivity contribution in [1.82, 2.24) is 14.8 Å². The lowest BCUT2D eigenvalue weighted by atomic mass is 10.1. The maximum Gasteiger partial charge on any atom is 0.267 e. The van der Waals surface area contributed by atoms with Crippen molar-refractivity contribution in [1.29, 1.82) is 0 Å². The third-order valence-corrected chi connectivity index (χ3v) is 3.94. The molecule has 0 saturated carbocycles. The Hall–Kier alpha value is -3.27. The summed E-state index contributed by atoms with van der Waals surface area (Å²) in [7, 11) is 0. The summed E-state index contributed by atoms with van der Waals surface area (Å²) in [6, 6.07) is 23.1. The van der Waals surface area contributed by atoms with Gasteiger partial charge in [-0.25, -0.2) is 4.68 Å². The molecular formula is C20H15N3O. The van der Waals surface area contributed by atoms with E-state index in [9.17, 15) is 4.79 Å². The Bertz CT molecular complexity index is 1050. The van der Waals surface area contributed by atoms with Crippen LogP contribution in [0, 0.1) is 0 Å². The fourth-order valence-corrected chi connectivity index (χ4v) is 2.72. The maximum absolute atomic E-state index is 12.2. The summed E-state index contributed by atoms with van der Waals surface area (Å²) in [4.78, 5) is 16.5. The van der Waals surface area contributed by atoms with Crippen LogP contribution in [-0.2, 0) is 6.54 Å². The van der Waals surface area contributed by atoms with Gasteiger partial charge in [-0.3, -0.25) is 9.78 Å². The van der Waals surface area contributed by atoms with Crippen molar-refractivity contribution >= 4 is 10.9 Å². The van der Waals surface area contributed by atoms with E-state index in [-0.39, 0.29) is 5.56 Å². The highest BCUT2D eigenvalue weighted by Crippen LogP contribution is 2.16. The minimum absolute atomic E-state index is 0.110. The first-order valence-electron chi connectivity index (χ1n) is 7.77. The van der Waals surface area contributed by atoms with E-state index in [4.69, 9.17) is 0 Å². The van der Waals surface area contributed by atoms with E-state index < -0.39 is 0 Å². The Morgan fingerprint density at radius 2 is 1.75 bits per heavy atom. The number of rotatable bonds is 3. The second kappa shape index (κ2) is 6.08. The van der Waals surface area contributed by atoms with Crippen molar-refractivity contribution < 1.29 is 0 Å². The molecule has 0 aliphatic heterocycles. The van der Waals surface area contributed by atoms with E-state index in [2.05, 4.69) is 10.1 Å². The van der Waals surface area contributed by atoms with E-state index in [1.165, 1.54) is 4.68 Å². The number of benzene rings is 2. The molecule has 0 N–H and O–H groups in total. The molecule has 116 valence electrons. The highest BCUT2D eigenvalue weighted by atomic mass is 16.1. The van der Waals surface area contributed by atoms with Crippen LogP contribution in [0.3, 0.4) is 0 Å². The van der Waals surface area contributed by atoms with Gasteiger partial charge in [0.15, 0.2) is 0 Å². The molecule has 0 aliphatic rings. The molecule has 4 aromatic rings. The normalized spacial score (nSPS) is 10.8. The molecule has 0 atom stereocenters. The second-order valence-corrected chi connectivity index (χ2v) is 5.61. The standard InChI is InChI=1S/C20H15N3O/c24-20-11-10-19(16-5-2-1-3-6-16)22-23(20)14-15-8-9-18-17(13-15)7-4-12-21-18/h1-13H,14H2. The Morgan fingerprint density at radius 1 is 0.875 bits per heavy atom. The van der Waals surface area contributed by atoms with Crippen LogP contribution in [0.4, 0.5) is 0 Å². The quantitative estimate of drug-likeness (QED) is 0.581. The van der Waals surface area contributed by atoms with Crippen molar-refractivity contribution in [3.63, 3.8) is 0 Å². The Kier molecular flexibility index (Phi) is 3.63. The van der Waals surface area contributed by atoms with Gasteiger partial charge in [-0.15, -0.1) is 0 Å². The van der Waals surface area contributed by atoms with Crippen molar-refractivity contribution in [2.75, 3.05) is 0 Å².